The van der Waals surface area contributed by atoms with Gasteiger partial charge in [0.25, 0.3) is 0 Å². The number of carbonyl (C=O) groups is 1. The number of carbonyl (C=O) groups excluding carboxylic acids is 1. The van der Waals surface area contributed by atoms with Crippen molar-refractivity contribution in [2.24, 2.45) is 5.73 Å². The molecule has 1 unspecified atom stereocenters. The minimum atomic E-state index is -0.480. The number of anilines is 1. The van der Waals surface area contributed by atoms with Gasteiger partial charge in [-0.2, -0.15) is 9.97 Å². The fourth-order valence-electron chi connectivity index (χ4n) is 3.22. The van der Waals surface area contributed by atoms with Crippen molar-refractivity contribution in [2.75, 3.05) is 24.7 Å². The summed E-state index contributed by atoms with van der Waals surface area (Å²) in [6.45, 7) is 4.08. The van der Waals surface area contributed by atoms with Gasteiger partial charge in [-0.3, -0.25) is 4.79 Å². The highest BCUT2D eigenvalue weighted by Crippen LogP contribution is 2.29. The third-order valence-electron chi connectivity index (χ3n) is 4.59. The van der Waals surface area contributed by atoms with E-state index in [-0.39, 0.29) is 11.3 Å². The van der Waals surface area contributed by atoms with E-state index in [1.165, 1.54) is 0 Å². The monoisotopic (exact) mass is 383 g/mol. The number of primary amides is 1. The van der Waals surface area contributed by atoms with Crippen molar-refractivity contribution in [1.82, 2.24) is 15.0 Å². The molecular weight excluding hydrogens is 366 g/mol. The number of rotatable bonds is 3. The Morgan fingerprint density at radius 1 is 1.26 bits per heavy atom. The van der Waals surface area contributed by atoms with E-state index in [0.29, 0.717) is 30.1 Å². The number of fused-ring (bicyclic) bond motifs is 1. The Morgan fingerprint density at radius 2 is 2.11 bits per heavy atom. The summed E-state index contributed by atoms with van der Waals surface area (Å²) in [4.78, 5) is 27.0. The zero-order chi connectivity index (χ0) is 19.0. The Kier molecular flexibility index (Phi) is 4.63. The summed E-state index contributed by atoms with van der Waals surface area (Å²) < 4.78 is 5.51. The molecule has 0 spiro atoms. The first-order valence-corrected chi connectivity index (χ1v) is 8.99. The average molecular weight is 384 g/mol. The largest absolute Gasteiger partial charge is 0.377 e. The molecule has 0 aliphatic carbocycles. The topological polar surface area (TPSA) is 94.2 Å². The molecule has 2 N–H and O–H groups in total. The van der Waals surface area contributed by atoms with Crippen LogP contribution in [0.5, 0.6) is 0 Å². The Labute approximate surface area is 161 Å². The number of pyridine rings is 1. The van der Waals surface area contributed by atoms with Crippen LogP contribution in [0.1, 0.15) is 17.3 Å². The summed E-state index contributed by atoms with van der Waals surface area (Å²) in [6.07, 6.45) is 0. The Bertz CT molecular complexity index is 1030. The predicted octanol–water partition coefficient (Wildman–Crippen LogP) is 2.67. The summed E-state index contributed by atoms with van der Waals surface area (Å²) in [5, 5.41) is 0.967. The van der Waals surface area contributed by atoms with Crippen molar-refractivity contribution in [3.63, 3.8) is 0 Å². The molecule has 1 fully saturated rings. The molecule has 138 valence electrons. The Balaban J connectivity index is 1.81. The average Bonchev–Trinajstić information content (AvgIpc) is 2.67. The van der Waals surface area contributed by atoms with E-state index in [0.717, 1.165) is 23.3 Å². The van der Waals surface area contributed by atoms with Crippen LogP contribution in [0.4, 0.5) is 5.82 Å². The summed E-state index contributed by atoms with van der Waals surface area (Å²) in [5.74, 6) is 0.275. The maximum atomic E-state index is 11.4. The molecule has 8 heteroatoms. The van der Waals surface area contributed by atoms with E-state index in [1.807, 2.05) is 18.2 Å². The van der Waals surface area contributed by atoms with Gasteiger partial charge in [0.2, 0.25) is 11.2 Å². The molecule has 0 radical (unpaired) electrons. The lowest BCUT2D eigenvalue weighted by Gasteiger charge is -2.34. The predicted molar refractivity (Wildman–Crippen MR) is 104 cm³/mol. The van der Waals surface area contributed by atoms with Gasteiger partial charge in [-0.25, -0.2) is 4.98 Å². The lowest BCUT2D eigenvalue weighted by molar-refractivity contribution is 0.0986. The first-order valence-electron chi connectivity index (χ1n) is 8.62. The van der Waals surface area contributed by atoms with Crippen molar-refractivity contribution < 1.29 is 9.53 Å². The number of ether oxygens (including phenoxy) is 1. The van der Waals surface area contributed by atoms with Gasteiger partial charge in [0.15, 0.2) is 5.65 Å². The van der Waals surface area contributed by atoms with Gasteiger partial charge >= 0.3 is 0 Å². The SMILES string of the molecule is CC1COCCN1c1nc(Cl)nc2nc(-c3cccc(C(N)=O)c3)ccc12. The van der Waals surface area contributed by atoms with Crippen LogP contribution in [0, 0.1) is 0 Å². The highest BCUT2D eigenvalue weighted by Gasteiger charge is 2.23. The minimum Gasteiger partial charge on any atom is -0.377 e. The fraction of sp³-hybridized carbons (Fsp3) is 0.263. The molecule has 4 rings (SSSR count). The van der Waals surface area contributed by atoms with E-state index in [1.54, 1.807) is 18.2 Å². The van der Waals surface area contributed by atoms with Crippen LogP contribution in [0.3, 0.4) is 0 Å². The first-order chi connectivity index (χ1) is 13.0. The maximum absolute atomic E-state index is 11.4. The molecule has 2 aromatic heterocycles. The lowest BCUT2D eigenvalue weighted by atomic mass is 10.1. The summed E-state index contributed by atoms with van der Waals surface area (Å²) >= 11 is 6.17. The second-order valence-electron chi connectivity index (χ2n) is 6.45. The molecule has 7 nitrogen and oxygen atoms in total. The quantitative estimate of drug-likeness (QED) is 0.699. The van der Waals surface area contributed by atoms with Crippen molar-refractivity contribution in [1.29, 1.82) is 0 Å². The molecule has 3 aromatic rings. The van der Waals surface area contributed by atoms with Gasteiger partial charge in [-0.05, 0) is 42.8 Å². The van der Waals surface area contributed by atoms with E-state index in [2.05, 4.69) is 26.8 Å². The van der Waals surface area contributed by atoms with Crippen molar-refractivity contribution >= 4 is 34.4 Å². The zero-order valence-electron chi connectivity index (χ0n) is 14.7. The van der Waals surface area contributed by atoms with Crippen LogP contribution in [-0.2, 0) is 4.74 Å². The van der Waals surface area contributed by atoms with E-state index >= 15 is 0 Å². The zero-order valence-corrected chi connectivity index (χ0v) is 15.5. The van der Waals surface area contributed by atoms with Gasteiger partial charge in [0.05, 0.1) is 30.3 Å². The second kappa shape index (κ2) is 7.09. The maximum Gasteiger partial charge on any atom is 0.248 e. The number of nitrogens with two attached hydrogens (primary N) is 1. The number of benzene rings is 1. The fourth-order valence-corrected chi connectivity index (χ4v) is 3.38. The highest BCUT2D eigenvalue weighted by molar-refractivity contribution is 6.28. The molecule has 0 saturated carbocycles. The molecule has 1 amide bonds. The number of hydrogen-bond donors (Lipinski definition) is 1. The van der Waals surface area contributed by atoms with Crippen molar-refractivity contribution in [3.05, 3.63) is 47.2 Å². The number of aromatic nitrogens is 3. The summed E-state index contributed by atoms with van der Waals surface area (Å²) in [7, 11) is 0. The van der Waals surface area contributed by atoms with E-state index < -0.39 is 5.91 Å². The number of nitrogens with zero attached hydrogens (tertiary/aromatic N) is 4. The molecule has 0 bridgehead atoms. The normalized spacial score (nSPS) is 17.3. The molecular formula is C19H18ClN5O2. The molecule has 1 aliphatic heterocycles. The summed E-state index contributed by atoms with van der Waals surface area (Å²) in [5.41, 5.74) is 7.77. The van der Waals surface area contributed by atoms with Crippen molar-refractivity contribution in [3.8, 4) is 11.3 Å². The van der Waals surface area contributed by atoms with Crippen LogP contribution >= 0.6 is 11.6 Å². The Morgan fingerprint density at radius 3 is 2.89 bits per heavy atom. The number of halogens is 1. The molecule has 27 heavy (non-hydrogen) atoms. The second-order valence-corrected chi connectivity index (χ2v) is 6.78. The molecule has 1 aromatic carbocycles. The minimum absolute atomic E-state index is 0.145. The van der Waals surface area contributed by atoms with Crippen LogP contribution < -0.4 is 10.6 Å². The number of morpholine rings is 1. The van der Waals surface area contributed by atoms with Gasteiger partial charge in [0.1, 0.15) is 5.82 Å². The highest BCUT2D eigenvalue weighted by atomic mass is 35.5. The third kappa shape index (κ3) is 3.43. The van der Waals surface area contributed by atoms with Crippen LogP contribution in [0.25, 0.3) is 22.3 Å². The van der Waals surface area contributed by atoms with E-state index in [4.69, 9.17) is 22.1 Å². The van der Waals surface area contributed by atoms with Crippen LogP contribution in [-0.4, -0.2) is 46.7 Å². The van der Waals surface area contributed by atoms with E-state index in [9.17, 15) is 4.79 Å². The van der Waals surface area contributed by atoms with Gasteiger partial charge in [-0.15, -0.1) is 0 Å². The standard InChI is InChI=1S/C19H18ClN5O2/c1-11-10-27-8-7-25(11)18-14-5-6-15(22-17(14)23-19(20)24-18)12-3-2-4-13(9-12)16(21)26/h2-6,9,11H,7-8,10H2,1H3,(H2,21,26). The molecule has 1 aliphatic rings. The van der Waals surface area contributed by atoms with Gasteiger partial charge in [0, 0.05) is 17.7 Å². The summed E-state index contributed by atoms with van der Waals surface area (Å²) in [6, 6.07) is 11.0. The Hall–Kier alpha value is -2.77. The lowest BCUT2D eigenvalue weighted by Crippen LogP contribution is -2.44. The molecule has 3 heterocycles. The van der Waals surface area contributed by atoms with Gasteiger partial charge < -0.3 is 15.4 Å². The first kappa shape index (κ1) is 17.6. The number of amides is 1. The smallest absolute Gasteiger partial charge is 0.248 e. The molecule has 1 atom stereocenters. The van der Waals surface area contributed by atoms with Gasteiger partial charge in [-0.1, -0.05) is 12.1 Å². The van der Waals surface area contributed by atoms with Crippen LogP contribution in [0.15, 0.2) is 36.4 Å². The number of hydrogen-bond acceptors (Lipinski definition) is 6. The van der Waals surface area contributed by atoms with Crippen LogP contribution in [0.2, 0.25) is 5.28 Å². The third-order valence-corrected chi connectivity index (χ3v) is 4.76. The molecule has 1 saturated heterocycles. The van der Waals surface area contributed by atoms with Crippen molar-refractivity contribution in [2.45, 2.75) is 13.0 Å².